The molecule has 6 nitrogen and oxygen atoms in total. The minimum absolute atomic E-state index is 0.202. The van der Waals surface area contributed by atoms with E-state index >= 15 is 0 Å². The van der Waals surface area contributed by atoms with E-state index in [1.165, 1.54) is 12.1 Å². The Morgan fingerprint density at radius 2 is 1.96 bits per heavy atom. The summed E-state index contributed by atoms with van der Waals surface area (Å²) in [4.78, 5) is 11.0. The molecule has 27 heavy (non-hydrogen) atoms. The number of hydrogen-bond donors (Lipinski definition) is 0. The topological polar surface area (TPSA) is 64.3 Å². The van der Waals surface area contributed by atoms with E-state index < -0.39 is 0 Å². The van der Waals surface area contributed by atoms with E-state index in [1.807, 2.05) is 12.1 Å². The van der Waals surface area contributed by atoms with Gasteiger partial charge in [-0.15, -0.1) is 0 Å². The van der Waals surface area contributed by atoms with Crippen LogP contribution in [0.15, 0.2) is 47.1 Å². The van der Waals surface area contributed by atoms with Gasteiger partial charge in [-0.05, 0) is 49.6 Å². The number of aromatic nitrogens is 3. The van der Waals surface area contributed by atoms with E-state index in [9.17, 15) is 4.39 Å². The number of hydrogen-bond acceptors (Lipinski definition) is 6. The van der Waals surface area contributed by atoms with Crippen molar-refractivity contribution in [1.29, 1.82) is 0 Å². The maximum absolute atomic E-state index is 13.0. The Labute approximate surface area is 157 Å². The van der Waals surface area contributed by atoms with Crippen molar-refractivity contribution >= 4 is 5.82 Å². The molecule has 4 rings (SSSR count). The summed E-state index contributed by atoms with van der Waals surface area (Å²) in [5.74, 6) is 1.80. The summed E-state index contributed by atoms with van der Waals surface area (Å²) in [5.41, 5.74) is 1.86. The second-order valence-electron chi connectivity index (χ2n) is 6.67. The smallest absolute Gasteiger partial charge is 0.258 e. The van der Waals surface area contributed by atoms with Crippen molar-refractivity contribution in [2.45, 2.75) is 32.5 Å². The zero-order valence-electron chi connectivity index (χ0n) is 15.1. The predicted octanol–water partition coefficient (Wildman–Crippen LogP) is 3.76. The van der Waals surface area contributed by atoms with Gasteiger partial charge in [-0.2, -0.15) is 4.98 Å². The van der Waals surface area contributed by atoms with Crippen LogP contribution in [0.2, 0.25) is 0 Å². The summed E-state index contributed by atoms with van der Waals surface area (Å²) in [7, 11) is 0. The molecule has 140 valence electrons. The van der Waals surface area contributed by atoms with Crippen molar-refractivity contribution in [2.75, 3.05) is 18.0 Å². The van der Waals surface area contributed by atoms with Gasteiger partial charge in [-0.25, -0.2) is 9.37 Å². The molecule has 0 unspecified atom stereocenters. The van der Waals surface area contributed by atoms with Crippen molar-refractivity contribution in [1.82, 2.24) is 15.1 Å². The number of benzene rings is 1. The van der Waals surface area contributed by atoms with Gasteiger partial charge in [0.15, 0.2) is 5.82 Å². The Kier molecular flexibility index (Phi) is 5.11. The quantitative estimate of drug-likeness (QED) is 0.683. The first-order valence-corrected chi connectivity index (χ1v) is 9.05. The van der Waals surface area contributed by atoms with Crippen LogP contribution in [-0.4, -0.2) is 34.3 Å². The zero-order chi connectivity index (χ0) is 18.6. The summed E-state index contributed by atoms with van der Waals surface area (Å²) in [5, 5.41) is 3.84. The van der Waals surface area contributed by atoms with Gasteiger partial charge >= 0.3 is 0 Å². The fourth-order valence-electron chi connectivity index (χ4n) is 3.18. The summed E-state index contributed by atoms with van der Waals surface area (Å²) < 4.78 is 24.2. The molecule has 1 aliphatic rings. The SMILES string of the molecule is Cc1noc(-c2ccnc(N3CCC(OCc4ccc(F)cc4)CC3)c2)n1. The average molecular weight is 368 g/mol. The van der Waals surface area contributed by atoms with E-state index in [0.29, 0.717) is 18.3 Å². The number of pyridine rings is 1. The van der Waals surface area contributed by atoms with Gasteiger partial charge in [0.2, 0.25) is 0 Å². The van der Waals surface area contributed by atoms with E-state index in [2.05, 4.69) is 20.0 Å². The second kappa shape index (κ2) is 7.84. The predicted molar refractivity (Wildman–Crippen MR) is 98.7 cm³/mol. The first-order chi connectivity index (χ1) is 13.2. The highest BCUT2D eigenvalue weighted by Crippen LogP contribution is 2.25. The maximum atomic E-state index is 13.0. The van der Waals surface area contributed by atoms with Gasteiger partial charge in [-0.3, -0.25) is 0 Å². The van der Waals surface area contributed by atoms with E-state index in [0.717, 1.165) is 42.9 Å². The molecular weight excluding hydrogens is 347 g/mol. The van der Waals surface area contributed by atoms with Crippen LogP contribution in [0.4, 0.5) is 10.2 Å². The molecule has 1 fully saturated rings. The lowest BCUT2D eigenvalue weighted by atomic mass is 10.1. The number of rotatable bonds is 5. The molecule has 7 heteroatoms. The minimum atomic E-state index is -0.225. The maximum Gasteiger partial charge on any atom is 0.258 e. The lowest BCUT2D eigenvalue weighted by molar-refractivity contribution is 0.0250. The van der Waals surface area contributed by atoms with Gasteiger partial charge in [-0.1, -0.05) is 17.3 Å². The number of piperidine rings is 1. The third kappa shape index (κ3) is 4.31. The Balaban J connectivity index is 1.33. The Morgan fingerprint density at radius 1 is 1.19 bits per heavy atom. The Morgan fingerprint density at radius 3 is 2.67 bits per heavy atom. The first-order valence-electron chi connectivity index (χ1n) is 9.05. The highest BCUT2D eigenvalue weighted by atomic mass is 19.1. The van der Waals surface area contributed by atoms with Crippen LogP contribution in [-0.2, 0) is 11.3 Å². The molecule has 3 aromatic rings. The average Bonchev–Trinajstić information content (AvgIpc) is 3.14. The van der Waals surface area contributed by atoms with Gasteiger partial charge in [0.05, 0.1) is 12.7 Å². The first kappa shape index (κ1) is 17.6. The molecular formula is C20H21FN4O2. The Hall–Kier alpha value is -2.80. The van der Waals surface area contributed by atoms with Crippen LogP contribution in [0.1, 0.15) is 24.2 Å². The molecule has 0 atom stereocenters. The van der Waals surface area contributed by atoms with Crippen molar-refractivity contribution < 1.29 is 13.7 Å². The second-order valence-corrected chi connectivity index (χ2v) is 6.67. The van der Waals surface area contributed by atoms with Crippen molar-refractivity contribution in [3.63, 3.8) is 0 Å². The lowest BCUT2D eigenvalue weighted by Crippen LogP contribution is -2.37. The molecule has 0 bridgehead atoms. The molecule has 0 N–H and O–H groups in total. The molecule has 2 aromatic heterocycles. The standard InChI is InChI=1S/C20H21FN4O2/c1-14-23-20(27-24-14)16-6-9-22-19(12-16)25-10-7-18(8-11-25)26-13-15-2-4-17(21)5-3-15/h2-6,9,12,18H,7-8,10-11,13H2,1H3. The molecule has 0 amide bonds. The number of ether oxygens (including phenoxy) is 1. The fraction of sp³-hybridized carbons (Fsp3) is 0.350. The van der Waals surface area contributed by atoms with Gasteiger partial charge in [0.1, 0.15) is 11.6 Å². The van der Waals surface area contributed by atoms with E-state index in [-0.39, 0.29) is 11.9 Å². The van der Waals surface area contributed by atoms with Crippen molar-refractivity contribution in [3.05, 3.63) is 59.8 Å². The largest absolute Gasteiger partial charge is 0.373 e. The number of aryl methyl sites for hydroxylation is 1. The summed E-state index contributed by atoms with van der Waals surface area (Å²) in [6.07, 6.45) is 3.81. The van der Waals surface area contributed by atoms with Crippen molar-refractivity contribution in [2.24, 2.45) is 0 Å². The normalized spacial score (nSPS) is 15.3. The fourth-order valence-corrected chi connectivity index (χ4v) is 3.18. The Bertz CT molecular complexity index is 889. The van der Waals surface area contributed by atoms with Crippen LogP contribution in [0.25, 0.3) is 11.5 Å². The summed E-state index contributed by atoms with van der Waals surface area (Å²) >= 11 is 0. The molecule has 0 radical (unpaired) electrons. The van der Waals surface area contributed by atoms with Gasteiger partial charge in [0.25, 0.3) is 5.89 Å². The van der Waals surface area contributed by atoms with Crippen molar-refractivity contribution in [3.8, 4) is 11.5 Å². The number of anilines is 1. The summed E-state index contributed by atoms with van der Waals surface area (Å²) in [6.45, 7) is 4.04. The van der Waals surface area contributed by atoms with Crippen LogP contribution in [0, 0.1) is 12.7 Å². The molecule has 1 saturated heterocycles. The van der Waals surface area contributed by atoms with E-state index in [4.69, 9.17) is 9.26 Å². The molecule has 0 saturated carbocycles. The molecule has 1 aliphatic heterocycles. The molecule has 1 aromatic carbocycles. The van der Waals surface area contributed by atoms with Crippen LogP contribution in [0.3, 0.4) is 0 Å². The number of nitrogens with zero attached hydrogens (tertiary/aromatic N) is 4. The summed E-state index contributed by atoms with van der Waals surface area (Å²) in [6, 6.07) is 10.3. The van der Waals surface area contributed by atoms with Gasteiger partial charge in [0, 0.05) is 24.8 Å². The van der Waals surface area contributed by atoms with Crippen LogP contribution >= 0.6 is 0 Å². The zero-order valence-corrected chi connectivity index (χ0v) is 15.1. The molecule has 3 heterocycles. The molecule has 0 spiro atoms. The third-order valence-corrected chi connectivity index (χ3v) is 4.68. The van der Waals surface area contributed by atoms with Gasteiger partial charge < -0.3 is 14.2 Å². The monoisotopic (exact) mass is 368 g/mol. The third-order valence-electron chi connectivity index (χ3n) is 4.68. The number of halogens is 1. The minimum Gasteiger partial charge on any atom is -0.373 e. The highest BCUT2D eigenvalue weighted by molar-refractivity contribution is 5.58. The van der Waals surface area contributed by atoms with Crippen LogP contribution < -0.4 is 4.90 Å². The highest BCUT2D eigenvalue weighted by Gasteiger charge is 2.21. The molecule has 0 aliphatic carbocycles. The lowest BCUT2D eigenvalue weighted by Gasteiger charge is -2.32. The van der Waals surface area contributed by atoms with E-state index in [1.54, 1.807) is 25.3 Å². The van der Waals surface area contributed by atoms with Crippen LogP contribution in [0.5, 0.6) is 0 Å².